The summed E-state index contributed by atoms with van der Waals surface area (Å²) in [4.78, 5) is 27.2. The van der Waals surface area contributed by atoms with Crippen molar-refractivity contribution in [3.63, 3.8) is 0 Å². The summed E-state index contributed by atoms with van der Waals surface area (Å²) in [6.07, 6.45) is 1.65. The Bertz CT molecular complexity index is 841. The van der Waals surface area contributed by atoms with Crippen LogP contribution >= 0.6 is 0 Å². The summed E-state index contributed by atoms with van der Waals surface area (Å²) in [5.74, 6) is -0.737. The number of aryl methyl sites for hydroxylation is 1. The zero-order valence-electron chi connectivity index (χ0n) is 16.2. The first-order chi connectivity index (χ1) is 13.4. The van der Waals surface area contributed by atoms with E-state index in [1.54, 1.807) is 19.1 Å². The van der Waals surface area contributed by atoms with Crippen molar-refractivity contribution in [2.24, 2.45) is 5.92 Å². The maximum Gasteiger partial charge on any atom is 0.241 e. The second-order valence-electron chi connectivity index (χ2n) is 7.32. The summed E-state index contributed by atoms with van der Waals surface area (Å²) in [7, 11) is 0. The Hall–Kier alpha value is -2.73. The van der Waals surface area contributed by atoms with Crippen LogP contribution in [0.25, 0.3) is 0 Å². The molecule has 1 aliphatic heterocycles. The Balaban J connectivity index is 1.58. The average molecular weight is 383 g/mol. The van der Waals surface area contributed by atoms with Gasteiger partial charge in [0.1, 0.15) is 5.82 Å². The van der Waals surface area contributed by atoms with Crippen molar-refractivity contribution in [3.05, 3.63) is 59.9 Å². The molecule has 0 spiro atoms. The van der Waals surface area contributed by atoms with Crippen molar-refractivity contribution in [2.75, 3.05) is 23.7 Å². The van der Waals surface area contributed by atoms with Gasteiger partial charge >= 0.3 is 0 Å². The van der Waals surface area contributed by atoms with Gasteiger partial charge in [-0.1, -0.05) is 24.3 Å². The minimum Gasteiger partial charge on any atom is -0.326 e. The molecule has 2 atom stereocenters. The molecule has 148 valence electrons. The predicted octanol–water partition coefficient (Wildman–Crippen LogP) is 3.81. The number of likely N-dealkylation sites (tertiary alicyclic amines) is 1. The first-order valence-corrected chi connectivity index (χ1v) is 9.61. The van der Waals surface area contributed by atoms with Gasteiger partial charge in [0.05, 0.1) is 12.0 Å². The van der Waals surface area contributed by atoms with Crippen LogP contribution in [0, 0.1) is 18.7 Å². The Kier molecular flexibility index (Phi) is 6.41. The highest BCUT2D eigenvalue weighted by molar-refractivity contribution is 5.95. The molecule has 1 saturated heterocycles. The van der Waals surface area contributed by atoms with Gasteiger partial charge < -0.3 is 10.6 Å². The number of amides is 2. The van der Waals surface area contributed by atoms with E-state index in [1.165, 1.54) is 6.07 Å². The van der Waals surface area contributed by atoms with E-state index in [0.29, 0.717) is 17.8 Å². The van der Waals surface area contributed by atoms with Crippen LogP contribution in [0.1, 0.15) is 25.3 Å². The summed E-state index contributed by atoms with van der Waals surface area (Å²) in [5, 5.41) is 5.71. The summed E-state index contributed by atoms with van der Waals surface area (Å²) in [6.45, 7) is 4.77. The van der Waals surface area contributed by atoms with Gasteiger partial charge in [-0.25, -0.2) is 4.39 Å². The molecule has 3 rings (SSSR count). The lowest BCUT2D eigenvalue weighted by molar-refractivity contribution is -0.125. The number of para-hydroxylation sites is 1. The van der Waals surface area contributed by atoms with Gasteiger partial charge in [-0.05, 0) is 63.1 Å². The van der Waals surface area contributed by atoms with Gasteiger partial charge in [-0.3, -0.25) is 14.5 Å². The average Bonchev–Trinajstić information content (AvgIpc) is 2.71. The van der Waals surface area contributed by atoms with Crippen molar-refractivity contribution in [2.45, 2.75) is 32.7 Å². The number of anilines is 2. The van der Waals surface area contributed by atoms with Gasteiger partial charge in [0, 0.05) is 17.9 Å². The van der Waals surface area contributed by atoms with E-state index in [4.69, 9.17) is 0 Å². The third-order valence-corrected chi connectivity index (χ3v) is 5.23. The van der Waals surface area contributed by atoms with E-state index < -0.39 is 6.04 Å². The number of rotatable bonds is 5. The van der Waals surface area contributed by atoms with Crippen LogP contribution in [0.4, 0.5) is 15.8 Å². The fourth-order valence-electron chi connectivity index (χ4n) is 3.42. The van der Waals surface area contributed by atoms with Gasteiger partial charge in [0.2, 0.25) is 11.8 Å². The van der Waals surface area contributed by atoms with Gasteiger partial charge in [-0.2, -0.15) is 0 Å². The SMILES string of the molecule is Cc1ccc(NC(=O)[C@H](C)N2CCC[C@@H](C(=O)Nc3ccccc3)C2)cc1F. The lowest BCUT2D eigenvalue weighted by atomic mass is 9.95. The van der Waals surface area contributed by atoms with Crippen LogP contribution in [-0.4, -0.2) is 35.8 Å². The van der Waals surface area contributed by atoms with Gasteiger partial charge in [0.25, 0.3) is 0 Å². The van der Waals surface area contributed by atoms with Crippen LogP contribution < -0.4 is 10.6 Å². The molecule has 0 aliphatic carbocycles. The molecule has 5 nitrogen and oxygen atoms in total. The third-order valence-electron chi connectivity index (χ3n) is 5.23. The molecule has 0 bridgehead atoms. The number of nitrogens with zero attached hydrogens (tertiary/aromatic N) is 1. The first kappa shape index (κ1) is 20.0. The molecular formula is C22H26FN3O2. The van der Waals surface area contributed by atoms with E-state index in [1.807, 2.05) is 42.2 Å². The normalized spacial score (nSPS) is 18.3. The lowest BCUT2D eigenvalue weighted by Gasteiger charge is -2.35. The maximum atomic E-state index is 13.7. The highest BCUT2D eigenvalue weighted by Gasteiger charge is 2.31. The van der Waals surface area contributed by atoms with Crippen molar-refractivity contribution in [1.82, 2.24) is 4.90 Å². The number of benzene rings is 2. The fourth-order valence-corrected chi connectivity index (χ4v) is 3.42. The quantitative estimate of drug-likeness (QED) is 0.825. The molecule has 0 saturated carbocycles. The van der Waals surface area contributed by atoms with Crippen molar-refractivity contribution < 1.29 is 14.0 Å². The molecule has 1 aliphatic rings. The molecule has 2 aromatic carbocycles. The van der Waals surface area contributed by atoms with Crippen LogP contribution in [0.15, 0.2) is 48.5 Å². The van der Waals surface area contributed by atoms with Gasteiger partial charge in [0.15, 0.2) is 0 Å². The second kappa shape index (κ2) is 8.97. The van der Waals surface area contributed by atoms with Crippen molar-refractivity contribution in [3.8, 4) is 0 Å². The van der Waals surface area contributed by atoms with Gasteiger partial charge in [-0.15, -0.1) is 0 Å². The summed E-state index contributed by atoms with van der Waals surface area (Å²) in [6, 6.07) is 13.6. The lowest BCUT2D eigenvalue weighted by Crippen LogP contribution is -2.49. The van der Waals surface area contributed by atoms with E-state index in [2.05, 4.69) is 10.6 Å². The number of hydrogen-bond donors (Lipinski definition) is 2. The standard InChI is InChI=1S/C22H26FN3O2/c1-15-10-11-19(13-20(15)23)25-21(27)16(2)26-12-6-7-17(14-26)22(28)24-18-8-4-3-5-9-18/h3-5,8-11,13,16-17H,6-7,12,14H2,1-2H3,(H,24,28)(H,25,27)/t16-,17+/m0/s1. The number of piperidine rings is 1. The van der Waals surface area contributed by atoms with E-state index in [9.17, 15) is 14.0 Å². The molecular weight excluding hydrogens is 357 g/mol. The molecule has 2 aromatic rings. The Morgan fingerprint density at radius 2 is 1.86 bits per heavy atom. The van der Waals surface area contributed by atoms with Crippen molar-refractivity contribution >= 4 is 23.2 Å². The van der Waals surface area contributed by atoms with E-state index in [-0.39, 0.29) is 23.5 Å². The van der Waals surface area contributed by atoms with Crippen LogP contribution in [0.5, 0.6) is 0 Å². The maximum absolute atomic E-state index is 13.7. The molecule has 28 heavy (non-hydrogen) atoms. The fraction of sp³-hybridized carbons (Fsp3) is 0.364. The highest BCUT2D eigenvalue weighted by atomic mass is 19.1. The Morgan fingerprint density at radius 3 is 2.57 bits per heavy atom. The minimum atomic E-state index is -0.406. The third kappa shape index (κ3) is 4.95. The molecule has 2 N–H and O–H groups in total. The van der Waals surface area contributed by atoms with Crippen molar-refractivity contribution in [1.29, 1.82) is 0 Å². The Morgan fingerprint density at radius 1 is 1.11 bits per heavy atom. The minimum absolute atomic E-state index is 0.0240. The zero-order valence-corrected chi connectivity index (χ0v) is 16.2. The van der Waals surface area contributed by atoms with E-state index in [0.717, 1.165) is 25.1 Å². The topological polar surface area (TPSA) is 61.4 Å². The van der Waals surface area contributed by atoms with E-state index >= 15 is 0 Å². The molecule has 6 heteroatoms. The number of nitrogens with one attached hydrogen (secondary N) is 2. The molecule has 0 radical (unpaired) electrons. The molecule has 0 unspecified atom stereocenters. The number of hydrogen-bond acceptors (Lipinski definition) is 3. The predicted molar refractivity (Wildman–Crippen MR) is 109 cm³/mol. The smallest absolute Gasteiger partial charge is 0.241 e. The summed E-state index contributed by atoms with van der Waals surface area (Å²) in [5.41, 5.74) is 1.75. The number of halogens is 1. The summed E-state index contributed by atoms with van der Waals surface area (Å²) >= 11 is 0. The Labute approximate surface area is 164 Å². The number of carbonyl (C=O) groups excluding carboxylic acids is 2. The first-order valence-electron chi connectivity index (χ1n) is 9.61. The van der Waals surface area contributed by atoms with Crippen LogP contribution in [-0.2, 0) is 9.59 Å². The second-order valence-corrected chi connectivity index (χ2v) is 7.32. The molecule has 0 aromatic heterocycles. The molecule has 2 amide bonds. The molecule has 1 heterocycles. The number of carbonyl (C=O) groups is 2. The van der Waals surface area contributed by atoms with Crippen LogP contribution in [0.3, 0.4) is 0 Å². The zero-order chi connectivity index (χ0) is 20.1. The molecule has 1 fully saturated rings. The monoisotopic (exact) mass is 383 g/mol. The van der Waals surface area contributed by atoms with Crippen LogP contribution in [0.2, 0.25) is 0 Å². The summed E-state index contributed by atoms with van der Waals surface area (Å²) < 4.78 is 13.7. The highest BCUT2D eigenvalue weighted by Crippen LogP contribution is 2.21. The largest absolute Gasteiger partial charge is 0.326 e.